The second kappa shape index (κ2) is 2.20. The Morgan fingerprint density at radius 3 is 2.92 bits per heavy atom. The topological polar surface area (TPSA) is 56.2 Å². The van der Waals surface area contributed by atoms with Crippen molar-refractivity contribution in [2.75, 3.05) is 5.73 Å². The van der Waals surface area contributed by atoms with E-state index < -0.39 is 0 Å². The fourth-order valence-corrected chi connectivity index (χ4v) is 1.15. The zero-order valence-corrected chi connectivity index (χ0v) is 7.07. The quantitative estimate of drug-likeness (QED) is 0.627. The molecule has 2 heterocycles. The summed E-state index contributed by atoms with van der Waals surface area (Å²) < 4.78 is 1.69. The Labute approximate surface area is 70.0 Å². The minimum absolute atomic E-state index is 0.743. The zero-order valence-electron chi connectivity index (χ0n) is 7.07. The van der Waals surface area contributed by atoms with Gasteiger partial charge in [0.25, 0.3) is 0 Å². The summed E-state index contributed by atoms with van der Waals surface area (Å²) in [7, 11) is 0. The third-order valence-electron chi connectivity index (χ3n) is 1.83. The highest BCUT2D eigenvalue weighted by Gasteiger charge is 2.01. The molecule has 0 saturated carbocycles. The van der Waals surface area contributed by atoms with E-state index in [2.05, 4.69) is 10.1 Å². The van der Waals surface area contributed by atoms with Crippen LogP contribution in [0, 0.1) is 13.8 Å². The first-order chi connectivity index (χ1) is 5.66. The molecular weight excluding hydrogens is 152 g/mol. The van der Waals surface area contributed by atoms with Crippen LogP contribution in [0.2, 0.25) is 0 Å². The summed E-state index contributed by atoms with van der Waals surface area (Å²) in [6, 6.07) is 1.93. The Balaban J connectivity index is 2.83. The lowest BCUT2D eigenvalue weighted by atomic mass is 10.2. The van der Waals surface area contributed by atoms with Crippen LogP contribution in [0.3, 0.4) is 0 Å². The van der Waals surface area contributed by atoms with Gasteiger partial charge in [-0.15, -0.1) is 0 Å². The molecule has 0 radical (unpaired) electrons. The predicted molar refractivity (Wildman–Crippen MR) is 46.9 cm³/mol. The highest BCUT2D eigenvalue weighted by Crippen LogP contribution is 2.11. The van der Waals surface area contributed by atoms with Crippen molar-refractivity contribution in [3.63, 3.8) is 0 Å². The normalized spacial score (nSPS) is 10.8. The number of pyridine rings is 1. The average molecular weight is 162 g/mol. The summed E-state index contributed by atoms with van der Waals surface area (Å²) in [4.78, 5) is 4.21. The van der Waals surface area contributed by atoms with Crippen LogP contribution >= 0.6 is 0 Å². The van der Waals surface area contributed by atoms with Crippen molar-refractivity contribution in [1.29, 1.82) is 0 Å². The molecular formula is C8H10N4. The average Bonchev–Trinajstić information content (AvgIpc) is 2.30. The van der Waals surface area contributed by atoms with E-state index in [1.165, 1.54) is 0 Å². The number of nitrogen functional groups attached to an aromatic ring is 1. The number of fused-ring (bicyclic) bond motifs is 1. The van der Waals surface area contributed by atoms with E-state index in [9.17, 15) is 0 Å². The minimum atomic E-state index is 0.743. The molecule has 2 rings (SSSR count). The van der Waals surface area contributed by atoms with Gasteiger partial charge in [0.05, 0.1) is 11.9 Å². The number of nitrogens with zero attached hydrogens (tertiary/aromatic N) is 3. The number of hydrogen-bond acceptors (Lipinski definition) is 3. The highest BCUT2D eigenvalue weighted by atomic mass is 15.3. The number of rotatable bonds is 0. The molecule has 0 fully saturated rings. The first kappa shape index (κ1) is 7.09. The van der Waals surface area contributed by atoms with Crippen molar-refractivity contribution in [3.05, 3.63) is 23.7 Å². The maximum Gasteiger partial charge on any atom is 0.156 e. The first-order valence-corrected chi connectivity index (χ1v) is 3.76. The van der Waals surface area contributed by atoms with Crippen molar-refractivity contribution < 1.29 is 0 Å². The summed E-state index contributed by atoms with van der Waals surface area (Å²) >= 11 is 0. The largest absolute Gasteiger partial charge is 0.397 e. The first-order valence-electron chi connectivity index (χ1n) is 3.76. The Bertz CT molecular complexity index is 391. The van der Waals surface area contributed by atoms with Crippen LogP contribution in [0.5, 0.6) is 0 Å². The second-order valence-electron chi connectivity index (χ2n) is 2.87. The van der Waals surface area contributed by atoms with E-state index in [0.29, 0.717) is 0 Å². The number of hydrogen-bond donors (Lipinski definition) is 1. The molecule has 0 atom stereocenters. The lowest BCUT2D eigenvalue weighted by Crippen LogP contribution is -1.95. The van der Waals surface area contributed by atoms with Crippen molar-refractivity contribution in [2.24, 2.45) is 0 Å². The van der Waals surface area contributed by atoms with Gasteiger partial charge in [-0.2, -0.15) is 5.10 Å². The molecule has 0 saturated heterocycles. The third kappa shape index (κ3) is 0.922. The van der Waals surface area contributed by atoms with Gasteiger partial charge in [0, 0.05) is 0 Å². The van der Waals surface area contributed by atoms with Crippen molar-refractivity contribution in [2.45, 2.75) is 13.8 Å². The molecule has 0 spiro atoms. The summed E-state index contributed by atoms with van der Waals surface area (Å²) in [6.45, 7) is 3.82. The van der Waals surface area contributed by atoms with Crippen molar-refractivity contribution in [3.8, 4) is 0 Å². The highest BCUT2D eigenvalue weighted by molar-refractivity contribution is 5.52. The predicted octanol–water partition coefficient (Wildman–Crippen LogP) is 0.928. The van der Waals surface area contributed by atoms with E-state index >= 15 is 0 Å². The molecule has 4 heteroatoms. The van der Waals surface area contributed by atoms with Crippen LogP contribution in [-0.2, 0) is 0 Å². The van der Waals surface area contributed by atoms with E-state index in [0.717, 1.165) is 22.7 Å². The SMILES string of the molecule is Cc1nc2cc(C)c(N)cn2n1. The summed E-state index contributed by atoms with van der Waals surface area (Å²) in [5, 5.41) is 4.14. The lowest BCUT2D eigenvalue weighted by molar-refractivity contribution is 0.930. The van der Waals surface area contributed by atoms with E-state index in [-0.39, 0.29) is 0 Å². The minimum Gasteiger partial charge on any atom is -0.397 e. The molecule has 2 N–H and O–H groups in total. The Hall–Kier alpha value is -1.58. The van der Waals surface area contributed by atoms with E-state index in [1.807, 2.05) is 19.9 Å². The van der Waals surface area contributed by atoms with Crippen molar-refractivity contribution in [1.82, 2.24) is 14.6 Å². The van der Waals surface area contributed by atoms with Crippen LogP contribution in [0.1, 0.15) is 11.4 Å². The Morgan fingerprint density at radius 1 is 1.42 bits per heavy atom. The standard InChI is InChI=1S/C8H10N4/c1-5-3-8-10-6(2)11-12(8)4-7(5)9/h3-4H,9H2,1-2H3. The smallest absolute Gasteiger partial charge is 0.156 e. The molecule has 2 aromatic heterocycles. The Morgan fingerprint density at radius 2 is 2.17 bits per heavy atom. The van der Waals surface area contributed by atoms with Crippen LogP contribution in [0.25, 0.3) is 5.65 Å². The van der Waals surface area contributed by atoms with Gasteiger partial charge in [0.1, 0.15) is 5.82 Å². The van der Waals surface area contributed by atoms with Gasteiger partial charge in [-0.25, -0.2) is 9.50 Å². The van der Waals surface area contributed by atoms with Crippen LogP contribution < -0.4 is 5.73 Å². The fourth-order valence-electron chi connectivity index (χ4n) is 1.15. The van der Waals surface area contributed by atoms with Gasteiger partial charge in [0.15, 0.2) is 5.65 Å². The van der Waals surface area contributed by atoms with Gasteiger partial charge < -0.3 is 5.73 Å². The maximum absolute atomic E-state index is 5.71. The molecule has 0 aliphatic heterocycles. The van der Waals surface area contributed by atoms with E-state index in [4.69, 9.17) is 5.73 Å². The van der Waals surface area contributed by atoms with Crippen LogP contribution in [0.4, 0.5) is 5.69 Å². The Kier molecular flexibility index (Phi) is 1.30. The van der Waals surface area contributed by atoms with Gasteiger partial charge in [-0.05, 0) is 25.5 Å². The molecule has 0 amide bonds. The molecule has 12 heavy (non-hydrogen) atoms. The summed E-state index contributed by atoms with van der Waals surface area (Å²) in [6.07, 6.45) is 1.78. The number of aryl methyl sites for hydroxylation is 2. The zero-order chi connectivity index (χ0) is 8.72. The maximum atomic E-state index is 5.71. The van der Waals surface area contributed by atoms with Crippen molar-refractivity contribution >= 4 is 11.3 Å². The summed E-state index contributed by atoms with van der Waals surface area (Å²) in [5.41, 5.74) is 8.33. The summed E-state index contributed by atoms with van der Waals surface area (Å²) in [5.74, 6) is 0.764. The fraction of sp³-hybridized carbons (Fsp3) is 0.250. The molecule has 0 aromatic carbocycles. The molecule has 62 valence electrons. The van der Waals surface area contributed by atoms with Crippen LogP contribution in [-0.4, -0.2) is 14.6 Å². The van der Waals surface area contributed by atoms with E-state index in [1.54, 1.807) is 10.7 Å². The van der Waals surface area contributed by atoms with Gasteiger partial charge in [-0.1, -0.05) is 0 Å². The van der Waals surface area contributed by atoms with Gasteiger partial charge in [0.2, 0.25) is 0 Å². The molecule has 2 aromatic rings. The van der Waals surface area contributed by atoms with Gasteiger partial charge in [-0.3, -0.25) is 0 Å². The molecule has 0 aliphatic carbocycles. The third-order valence-corrected chi connectivity index (χ3v) is 1.83. The molecule has 4 nitrogen and oxygen atoms in total. The molecule has 0 unspecified atom stereocenters. The number of aromatic nitrogens is 3. The number of nitrogens with two attached hydrogens (primary N) is 1. The number of anilines is 1. The second-order valence-corrected chi connectivity index (χ2v) is 2.87. The monoisotopic (exact) mass is 162 g/mol. The molecule has 0 aliphatic rings. The van der Waals surface area contributed by atoms with Crippen LogP contribution in [0.15, 0.2) is 12.3 Å². The lowest BCUT2D eigenvalue weighted by Gasteiger charge is -1.98. The van der Waals surface area contributed by atoms with Gasteiger partial charge >= 0.3 is 0 Å². The molecule has 0 bridgehead atoms.